The molecule has 0 aromatic heterocycles. The zero-order valence-electron chi connectivity index (χ0n) is 18.2. The van der Waals surface area contributed by atoms with Crippen LogP contribution in [0.5, 0.6) is 5.75 Å². The van der Waals surface area contributed by atoms with E-state index in [0.29, 0.717) is 35.4 Å². The fourth-order valence-corrected chi connectivity index (χ4v) is 5.93. The molecule has 1 aliphatic rings. The van der Waals surface area contributed by atoms with Gasteiger partial charge in [0, 0.05) is 36.2 Å². The van der Waals surface area contributed by atoms with E-state index in [2.05, 4.69) is 4.72 Å². The first kappa shape index (κ1) is 24.9. The second-order valence-corrected chi connectivity index (χ2v) is 10.9. The molecule has 32 heavy (non-hydrogen) atoms. The van der Waals surface area contributed by atoms with Crippen molar-refractivity contribution in [1.82, 2.24) is 9.62 Å². The largest absolute Gasteiger partial charge is 0.496 e. The van der Waals surface area contributed by atoms with Gasteiger partial charge in [0.1, 0.15) is 5.75 Å². The predicted octanol–water partition coefficient (Wildman–Crippen LogP) is 4.58. The molecule has 2 aromatic rings. The fourth-order valence-electron chi connectivity index (χ4n) is 3.59. The highest BCUT2D eigenvalue weighted by Crippen LogP contribution is 2.25. The van der Waals surface area contributed by atoms with Gasteiger partial charge in [-0.3, -0.25) is 4.79 Å². The minimum absolute atomic E-state index is 0.0626. The van der Waals surface area contributed by atoms with E-state index < -0.39 is 10.0 Å². The van der Waals surface area contributed by atoms with Crippen LogP contribution in [0.1, 0.15) is 41.6 Å². The van der Waals surface area contributed by atoms with E-state index in [0.717, 1.165) is 31.2 Å². The Morgan fingerprint density at radius 2 is 1.84 bits per heavy atom. The lowest BCUT2D eigenvalue weighted by Crippen LogP contribution is -2.32. The van der Waals surface area contributed by atoms with Crippen molar-refractivity contribution in [2.45, 2.75) is 36.3 Å². The van der Waals surface area contributed by atoms with Crippen LogP contribution in [-0.4, -0.2) is 51.7 Å². The van der Waals surface area contributed by atoms with E-state index in [9.17, 15) is 13.2 Å². The molecule has 0 spiro atoms. The Labute approximate surface area is 199 Å². The van der Waals surface area contributed by atoms with E-state index in [1.165, 1.54) is 19.2 Å². The standard InChI is InChI=1S/C23H29ClN2O4S2/c1-30-22-11-10-19(16-20(22)23(27)26-13-6-2-3-7-14-26)32(28,29)25-12-15-31-17-18-8-4-5-9-21(18)24/h4-5,8-11,16,25H,2-3,6-7,12-15,17H2,1H3. The molecule has 2 aromatic carbocycles. The molecule has 1 saturated heterocycles. The van der Waals surface area contributed by atoms with Gasteiger partial charge in [-0.15, -0.1) is 0 Å². The van der Waals surface area contributed by atoms with Gasteiger partial charge in [-0.05, 0) is 42.7 Å². The maximum Gasteiger partial charge on any atom is 0.257 e. The number of thioether (sulfide) groups is 1. The molecule has 0 radical (unpaired) electrons. The van der Waals surface area contributed by atoms with Crippen molar-refractivity contribution >= 4 is 39.3 Å². The van der Waals surface area contributed by atoms with Crippen molar-refractivity contribution in [1.29, 1.82) is 0 Å². The van der Waals surface area contributed by atoms with Crippen LogP contribution < -0.4 is 9.46 Å². The second-order valence-electron chi connectivity index (χ2n) is 7.61. The lowest BCUT2D eigenvalue weighted by atomic mass is 10.1. The highest BCUT2D eigenvalue weighted by atomic mass is 35.5. The molecular weight excluding hydrogens is 468 g/mol. The summed E-state index contributed by atoms with van der Waals surface area (Å²) in [7, 11) is -2.26. The quantitative estimate of drug-likeness (QED) is 0.514. The van der Waals surface area contributed by atoms with E-state index in [1.54, 1.807) is 22.7 Å². The Bertz CT molecular complexity index is 1020. The van der Waals surface area contributed by atoms with Crippen molar-refractivity contribution in [2.75, 3.05) is 32.5 Å². The topological polar surface area (TPSA) is 75.7 Å². The number of sulfonamides is 1. The van der Waals surface area contributed by atoms with Gasteiger partial charge in [-0.2, -0.15) is 11.8 Å². The summed E-state index contributed by atoms with van der Waals surface area (Å²) >= 11 is 7.75. The average molecular weight is 497 g/mol. The van der Waals surface area contributed by atoms with Gasteiger partial charge in [0.25, 0.3) is 5.91 Å². The predicted molar refractivity (Wildman–Crippen MR) is 130 cm³/mol. The van der Waals surface area contributed by atoms with E-state index in [4.69, 9.17) is 16.3 Å². The highest BCUT2D eigenvalue weighted by molar-refractivity contribution is 7.98. The van der Waals surface area contributed by atoms with Gasteiger partial charge in [0.2, 0.25) is 10.0 Å². The third kappa shape index (κ3) is 6.63. The number of halogens is 1. The maximum atomic E-state index is 13.1. The monoisotopic (exact) mass is 496 g/mol. The number of hydrogen-bond acceptors (Lipinski definition) is 5. The average Bonchev–Trinajstić information content (AvgIpc) is 3.08. The maximum absolute atomic E-state index is 13.1. The van der Waals surface area contributed by atoms with Gasteiger partial charge in [0.05, 0.1) is 17.6 Å². The summed E-state index contributed by atoms with van der Waals surface area (Å²) in [6.07, 6.45) is 4.13. The SMILES string of the molecule is COc1ccc(S(=O)(=O)NCCSCc2ccccc2Cl)cc1C(=O)N1CCCCCC1. The van der Waals surface area contributed by atoms with Crippen LogP contribution in [0.15, 0.2) is 47.4 Å². The number of rotatable bonds is 9. The summed E-state index contributed by atoms with van der Waals surface area (Å²) < 4.78 is 33.6. The second kappa shape index (κ2) is 11.9. The van der Waals surface area contributed by atoms with Gasteiger partial charge in [0.15, 0.2) is 0 Å². The molecule has 1 N–H and O–H groups in total. The summed E-state index contributed by atoms with van der Waals surface area (Å²) in [6, 6.07) is 12.0. The molecule has 0 aliphatic carbocycles. The smallest absolute Gasteiger partial charge is 0.257 e. The number of benzene rings is 2. The van der Waals surface area contributed by atoms with Crippen molar-refractivity contribution in [3.8, 4) is 5.75 Å². The van der Waals surface area contributed by atoms with Crippen LogP contribution >= 0.6 is 23.4 Å². The molecule has 0 atom stereocenters. The molecular formula is C23H29ClN2O4S2. The summed E-state index contributed by atoms with van der Waals surface area (Å²) in [5.74, 6) is 1.50. The van der Waals surface area contributed by atoms with Crippen LogP contribution in [0.3, 0.4) is 0 Å². The molecule has 1 amide bonds. The van der Waals surface area contributed by atoms with Crippen LogP contribution in [-0.2, 0) is 15.8 Å². The Balaban J connectivity index is 1.63. The molecule has 1 heterocycles. The first-order valence-electron chi connectivity index (χ1n) is 10.7. The molecule has 1 aliphatic heterocycles. The van der Waals surface area contributed by atoms with Crippen molar-refractivity contribution in [3.63, 3.8) is 0 Å². The van der Waals surface area contributed by atoms with Crippen LogP contribution in [0, 0.1) is 0 Å². The third-order valence-corrected chi connectivity index (χ3v) is 8.19. The van der Waals surface area contributed by atoms with Gasteiger partial charge >= 0.3 is 0 Å². The third-order valence-electron chi connectivity index (χ3n) is 5.36. The molecule has 9 heteroatoms. The molecule has 0 unspecified atom stereocenters. The lowest BCUT2D eigenvalue weighted by molar-refractivity contribution is 0.0758. The summed E-state index contributed by atoms with van der Waals surface area (Å²) in [6.45, 7) is 1.64. The number of ether oxygens (including phenoxy) is 1. The highest BCUT2D eigenvalue weighted by Gasteiger charge is 2.24. The Morgan fingerprint density at radius 1 is 1.12 bits per heavy atom. The number of carbonyl (C=O) groups is 1. The zero-order valence-corrected chi connectivity index (χ0v) is 20.6. The molecule has 0 bridgehead atoms. The number of nitrogens with one attached hydrogen (secondary N) is 1. The Morgan fingerprint density at radius 3 is 2.53 bits per heavy atom. The Hall–Kier alpha value is -1.74. The van der Waals surface area contributed by atoms with Gasteiger partial charge < -0.3 is 9.64 Å². The van der Waals surface area contributed by atoms with Crippen molar-refractivity contribution < 1.29 is 17.9 Å². The van der Waals surface area contributed by atoms with Crippen LogP contribution in [0.2, 0.25) is 5.02 Å². The summed E-state index contributed by atoms with van der Waals surface area (Å²) in [5.41, 5.74) is 1.30. The minimum Gasteiger partial charge on any atom is -0.496 e. The van der Waals surface area contributed by atoms with Crippen molar-refractivity contribution in [2.24, 2.45) is 0 Å². The molecule has 1 fully saturated rings. The number of nitrogens with zero attached hydrogens (tertiary/aromatic N) is 1. The van der Waals surface area contributed by atoms with E-state index >= 15 is 0 Å². The number of methoxy groups -OCH3 is 1. The zero-order chi connectivity index (χ0) is 23.0. The normalized spacial score (nSPS) is 14.8. The van der Waals surface area contributed by atoms with Gasteiger partial charge in [-0.25, -0.2) is 13.1 Å². The lowest BCUT2D eigenvalue weighted by Gasteiger charge is -2.22. The molecule has 0 saturated carbocycles. The fraction of sp³-hybridized carbons (Fsp3) is 0.435. The van der Waals surface area contributed by atoms with Gasteiger partial charge in [-0.1, -0.05) is 42.6 Å². The minimum atomic E-state index is -3.75. The number of likely N-dealkylation sites (tertiary alicyclic amines) is 1. The number of carbonyl (C=O) groups excluding carboxylic acids is 1. The first-order chi connectivity index (χ1) is 15.4. The Kier molecular flexibility index (Phi) is 9.28. The molecule has 174 valence electrons. The van der Waals surface area contributed by atoms with Crippen molar-refractivity contribution in [3.05, 3.63) is 58.6 Å². The first-order valence-corrected chi connectivity index (χ1v) is 13.7. The van der Waals surface area contributed by atoms with E-state index in [-0.39, 0.29) is 22.9 Å². The van der Waals surface area contributed by atoms with Crippen LogP contribution in [0.4, 0.5) is 0 Å². The van der Waals surface area contributed by atoms with E-state index in [1.807, 2.05) is 24.3 Å². The number of hydrogen-bond donors (Lipinski definition) is 1. The summed E-state index contributed by atoms with van der Waals surface area (Å²) in [4.78, 5) is 14.9. The van der Waals surface area contributed by atoms with Crippen LogP contribution in [0.25, 0.3) is 0 Å². The molecule has 6 nitrogen and oxygen atoms in total. The molecule has 3 rings (SSSR count). The summed E-state index contributed by atoms with van der Waals surface area (Å²) in [5, 5.41) is 0.709. The number of amides is 1.